The second kappa shape index (κ2) is 30.7. The molecule has 0 aliphatic rings. The van der Waals surface area contributed by atoms with Gasteiger partial charge in [0, 0.05) is 25.8 Å². The first kappa shape index (κ1) is 35.0. The zero-order valence-electron chi connectivity index (χ0n) is 17.2. The maximum atomic E-state index is 3.76. The Morgan fingerprint density at radius 3 is 0.739 bits per heavy atom. The molecule has 0 saturated heterocycles. The van der Waals surface area contributed by atoms with Crippen LogP contribution in [0.1, 0.15) is 99.3 Å². The molecule has 0 saturated carbocycles. The summed E-state index contributed by atoms with van der Waals surface area (Å²) in [5, 5.41) is 0. The molecule has 0 aliphatic carbocycles. The van der Waals surface area contributed by atoms with Crippen LogP contribution < -0.4 is 0 Å². The van der Waals surface area contributed by atoms with Crippen LogP contribution in [0.5, 0.6) is 0 Å². The number of hydrogen-bond acceptors (Lipinski definition) is 0. The molecule has 0 aliphatic heterocycles. The van der Waals surface area contributed by atoms with Gasteiger partial charge in [-0.25, -0.2) is 0 Å². The van der Waals surface area contributed by atoms with Crippen molar-refractivity contribution in [2.45, 2.75) is 99.3 Å². The van der Waals surface area contributed by atoms with Crippen molar-refractivity contribution in [2.24, 2.45) is 17.8 Å². The quantitative estimate of drug-likeness (QED) is 0.242. The summed E-state index contributed by atoms with van der Waals surface area (Å²) >= 11 is 0. The van der Waals surface area contributed by atoms with Gasteiger partial charge in [-0.3, -0.25) is 0 Å². The van der Waals surface area contributed by atoms with Crippen LogP contribution in [0.2, 0.25) is 0 Å². The third-order valence-electron chi connectivity index (χ3n) is 3.09. The molecule has 0 fully saturated rings. The molecule has 0 spiro atoms. The first-order valence-electron chi connectivity index (χ1n) is 9.19. The Kier molecular flexibility index (Phi) is 46.7. The van der Waals surface area contributed by atoms with Gasteiger partial charge in [0.05, 0.1) is 0 Å². The molecule has 2 heteroatoms. The maximum Gasteiger partial charge on any atom is 0 e. The molecular formula is C21H47HfO-3. The average Bonchev–Trinajstić information content (AvgIpc) is 2.41. The summed E-state index contributed by atoms with van der Waals surface area (Å²) in [6.45, 7) is 24.7. The molecule has 0 unspecified atom stereocenters. The molecule has 0 bridgehead atoms. The van der Waals surface area contributed by atoms with Gasteiger partial charge in [0.15, 0.2) is 0 Å². The van der Waals surface area contributed by atoms with E-state index in [2.05, 4.69) is 62.3 Å². The van der Waals surface area contributed by atoms with Crippen molar-refractivity contribution in [3.05, 3.63) is 20.8 Å². The van der Waals surface area contributed by atoms with Crippen LogP contribution in [0, 0.1) is 38.5 Å². The SMILES string of the molecule is O.[CH2-]CCCC(C)C.[CH2-]CCCC(C)C.[CH2-]CCCC(C)C.[Hf]. The van der Waals surface area contributed by atoms with E-state index in [0.717, 1.165) is 37.0 Å². The van der Waals surface area contributed by atoms with Crippen molar-refractivity contribution in [1.29, 1.82) is 0 Å². The summed E-state index contributed by atoms with van der Waals surface area (Å²) in [5.41, 5.74) is 0. The van der Waals surface area contributed by atoms with Crippen LogP contribution >= 0.6 is 0 Å². The Hall–Kier alpha value is 0.830. The molecule has 23 heavy (non-hydrogen) atoms. The molecular weight excluding hydrogens is 447 g/mol. The van der Waals surface area contributed by atoms with E-state index in [9.17, 15) is 0 Å². The van der Waals surface area contributed by atoms with E-state index in [1.807, 2.05) is 0 Å². The van der Waals surface area contributed by atoms with E-state index in [1.165, 1.54) is 38.5 Å². The summed E-state index contributed by atoms with van der Waals surface area (Å²) in [5.74, 6) is 2.59. The Labute approximate surface area is 168 Å². The van der Waals surface area contributed by atoms with Gasteiger partial charge in [-0.15, -0.1) is 0 Å². The summed E-state index contributed by atoms with van der Waals surface area (Å²) in [7, 11) is 0. The zero-order valence-corrected chi connectivity index (χ0v) is 20.8. The number of rotatable bonds is 9. The molecule has 0 heterocycles. The third kappa shape index (κ3) is 60.2. The van der Waals surface area contributed by atoms with Crippen LogP contribution in [0.4, 0.5) is 0 Å². The Bertz CT molecular complexity index is 127. The fraction of sp³-hybridized carbons (Fsp3) is 0.857. The fourth-order valence-corrected chi connectivity index (χ4v) is 1.66. The van der Waals surface area contributed by atoms with Gasteiger partial charge in [-0.1, -0.05) is 80.1 Å². The van der Waals surface area contributed by atoms with Gasteiger partial charge >= 0.3 is 0 Å². The Morgan fingerprint density at radius 1 is 0.522 bits per heavy atom. The molecule has 144 valence electrons. The van der Waals surface area contributed by atoms with Gasteiger partial charge in [0.25, 0.3) is 0 Å². The summed E-state index contributed by atoms with van der Waals surface area (Å²) < 4.78 is 0. The van der Waals surface area contributed by atoms with E-state index in [4.69, 9.17) is 0 Å². The number of hydrogen-bond donors (Lipinski definition) is 0. The van der Waals surface area contributed by atoms with Crippen molar-refractivity contribution in [3.63, 3.8) is 0 Å². The van der Waals surface area contributed by atoms with Crippen LogP contribution in [-0.4, -0.2) is 5.48 Å². The Balaban J connectivity index is -0.0000000675. The Morgan fingerprint density at radius 2 is 0.696 bits per heavy atom. The summed E-state index contributed by atoms with van der Waals surface area (Å²) in [6.07, 6.45) is 11.2. The standard InChI is InChI=1S/3C7H15.Hf.H2O/c3*1-4-5-6-7(2)3;;/h3*7H,1,4-6H2,2-3H3;;1H2/q3*-1;;. The second-order valence-electron chi connectivity index (χ2n) is 7.17. The second-order valence-corrected chi connectivity index (χ2v) is 7.17. The van der Waals surface area contributed by atoms with Crippen molar-refractivity contribution < 1.29 is 31.3 Å². The summed E-state index contributed by atoms with van der Waals surface area (Å²) in [4.78, 5) is 0. The van der Waals surface area contributed by atoms with Gasteiger partial charge < -0.3 is 26.2 Å². The van der Waals surface area contributed by atoms with E-state index in [-0.39, 0.29) is 31.3 Å². The fourth-order valence-electron chi connectivity index (χ4n) is 1.66. The maximum absolute atomic E-state index is 3.76. The first-order chi connectivity index (χ1) is 9.81. The van der Waals surface area contributed by atoms with Gasteiger partial charge in [-0.05, 0) is 17.8 Å². The smallest absolute Gasteiger partial charge is 0 e. The molecule has 0 aromatic heterocycles. The monoisotopic (exact) mass is 495 g/mol. The molecule has 2 N–H and O–H groups in total. The molecule has 0 aromatic carbocycles. The van der Waals surface area contributed by atoms with E-state index >= 15 is 0 Å². The molecule has 0 amide bonds. The topological polar surface area (TPSA) is 31.5 Å². The summed E-state index contributed by atoms with van der Waals surface area (Å²) in [6, 6.07) is 0. The van der Waals surface area contributed by atoms with Gasteiger partial charge in [-0.2, -0.15) is 19.3 Å². The van der Waals surface area contributed by atoms with Crippen LogP contribution in [0.3, 0.4) is 0 Å². The van der Waals surface area contributed by atoms with Crippen LogP contribution in [0.15, 0.2) is 0 Å². The van der Waals surface area contributed by atoms with Crippen molar-refractivity contribution in [1.82, 2.24) is 0 Å². The predicted molar refractivity (Wildman–Crippen MR) is 106 cm³/mol. The minimum absolute atomic E-state index is 0. The molecule has 1 nitrogen and oxygen atoms in total. The largest absolute Gasteiger partial charge is 0.412 e. The minimum atomic E-state index is 0. The molecule has 0 aromatic rings. The van der Waals surface area contributed by atoms with Crippen LogP contribution in [-0.2, 0) is 25.8 Å². The normalized spacial score (nSPS) is 9.39. The molecule has 0 atom stereocenters. The average molecular weight is 494 g/mol. The van der Waals surface area contributed by atoms with Crippen LogP contribution in [0.25, 0.3) is 0 Å². The van der Waals surface area contributed by atoms with E-state index in [0.29, 0.717) is 0 Å². The molecule has 0 rings (SSSR count). The van der Waals surface area contributed by atoms with Crippen molar-refractivity contribution >= 4 is 0 Å². The van der Waals surface area contributed by atoms with Crippen molar-refractivity contribution in [2.75, 3.05) is 0 Å². The van der Waals surface area contributed by atoms with Gasteiger partial charge in [0.2, 0.25) is 0 Å². The predicted octanol–water partition coefficient (Wildman–Crippen LogP) is 7.11. The minimum Gasteiger partial charge on any atom is -0.412 e. The number of unbranched alkanes of at least 4 members (excludes halogenated alkanes) is 3. The van der Waals surface area contributed by atoms with Crippen molar-refractivity contribution in [3.8, 4) is 0 Å². The third-order valence-corrected chi connectivity index (χ3v) is 3.09. The zero-order chi connectivity index (χ0) is 17.1. The van der Waals surface area contributed by atoms with Gasteiger partial charge in [0.1, 0.15) is 0 Å². The van der Waals surface area contributed by atoms with E-state index in [1.54, 1.807) is 0 Å². The first-order valence-corrected chi connectivity index (χ1v) is 9.19. The molecule has 0 radical (unpaired) electrons. The van der Waals surface area contributed by atoms with E-state index < -0.39 is 0 Å².